The molecule has 1 spiro atoms. The monoisotopic (exact) mass is 598 g/mol. The fraction of sp³-hybridized carbons (Fsp3) is 0.0222. The highest BCUT2D eigenvalue weighted by molar-refractivity contribution is 7.99. The largest absolute Gasteiger partial charge is 0.0888 e. The van der Waals surface area contributed by atoms with Crippen molar-refractivity contribution in [2.45, 2.75) is 15.2 Å². The average molecular weight is 599 g/mol. The Kier molecular flexibility index (Phi) is 4.80. The first-order valence-corrected chi connectivity index (χ1v) is 16.8. The van der Waals surface area contributed by atoms with Crippen molar-refractivity contribution in [1.29, 1.82) is 0 Å². The zero-order valence-electron chi connectivity index (χ0n) is 24.9. The normalized spacial score (nSPS) is 16.3. The number of hydrogen-bond acceptors (Lipinski definition) is 1. The van der Waals surface area contributed by atoms with Gasteiger partial charge < -0.3 is 0 Å². The predicted molar refractivity (Wildman–Crippen MR) is 193 cm³/mol. The molecule has 1 atom stereocenters. The zero-order valence-corrected chi connectivity index (χ0v) is 25.7. The second-order valence-corrected chi connectivity index (χ2v) is 13.8. The van der Waals surface area contributed by atoms with Crippen molar-refractivity contribution >= 4 is 33.3 Å². The number of hydrogen-bond donors (Lipinski definition) is 0. The molecule has 0 N–H and O–H groups in total. The Balaban J connectivity index is 1.35. The zero-order chi connectivity index (χ0) is 30.0. The van der Waals surface area contributed by atoms with E-state index in [-0.39, 0.29) is 0 Å². The molecule has 0 aromatic heterocycles. The Morgan fingerprint density at radius 2 is 0.891 bits per heavy atom. The van der Waals surface area contributed by atoms with Crippen molar-refractivity contribution < 1.29 is 0 Å². The van der Waals surface area contributed by atoms with Gasteiger partial charge in [-0.3, -0.25) is 0 Å². The molecule has 212 valence electrons. The van der Waals surface area contributed by atoms with E-state index in [4.69, 9.17) is 0 Å². The minimum atomic E-state index is -0.445. The van der Waals surface area contributed by atoms with Gasteiger partial charge in [0.1, 0.15) is 0 Å². The van der Waals surface area contributed by atoms with Crippen LogP contribution in [0.1, 0.15) is 22.3 Å². The summed E-state index contributed by atoms with van der Waals surface area (Å²) in [6.07, 6.45) is 0. The van der Waals surface area contributed by atoms with Crippen LogP contribution < -0.4 is 0 Å². The van der Waals surface area contributed by atoms with Gasteiger partial charge in [0.2, 0.25) is 0 Å². The summed E-state index contributed by atoms with van der Waals surface area (Å²) in [6, 6.07) is 59.5. The highest BCUT2D eigenvalue weighted by atomic mass is 32.2. The second kappa shape index (κ2) is 8.88. The Hall–Kier alpha value is -5.37. The van der Waals surface area contributed by atoms with E-state index < -0.39 is 5.41 Å². The van der Waals surface area contributed by atoms with Crippen LogP contribution in [0, 0.1) is 0 Å². The summed E-state index contributed by atoms with van der Waals surface area (Å²) in [5.41, 5.74) is 15.8. The molecule has 2 aliphatic carbocycles. The van der Waals surface area contributed by atoms with Gasteiger partial charge in [0.25, 0.3) is 0 Å². The lowest BCUT2D eigenvalue weighted by molar-refractivity contribution is 0.803. The molecule has 0 saturated carbocycles. The van der Waals surface area contributed by atoms with E-state index in [1.165, 1.54) is 98.1 Å². The molecule has 0 radical (unpaired) electrons. The fourth-order valence-corrected chi connectivity index (χ4v) is 10.2. The van der Waals surface area contributed by atoms with Crippen LogP contribution in [0.15, 0.2) is 168 Å². The van der Waals surface area contributed by atoms with E-state index in [9.17, 15) is 0 Å². The van der Waals surface area contributed by atoms with Gasteiger partial charge in [-0.15, -0.1) is 0 Å². The molecule has 8 aromatic rings. The van der Waals surface area contributed by atoms with Gasteiger partial charge in [-0.25, -0.2) is 0 Å². The summed E-state index contributed by atoms with van der Waals surface area (Å²) in [6.45, 7) is 0. The van der Waals surface area contributed by atoms with E-state index in [2.05, 4.69) is 158 Å². The van der Waals surface area contributed by atoms with Gasteiger partial charge in [0, 0.05) is 15.2 Å². The smallest absolute Gasteiger partial charge is 0.0737 e. The van der Waals surface area contributed by atoms with Crippen LogP contribution in [0.3, 0.4) is 0 Å². The van der Waals surface area contributed by atoms with Crippen molar-refractivity contribution in [3.05, 3.63) is 180 Å². The summed E-state index contributed by atoms with van der Waals surface area (Å²) in [4.78, 5) is 2.66. The molecule has 11 rings (SSSR count). The maximum Gasteiger partial charge on any atom is 0.0737 e. The SMILES string of the molecule is c1ccc2c(c1)Sc1cccc3ccc(-c4cccc5c4C4(c6ccccc6-5)c5ccccc5-c5ccc6ccccc6c54)c-2c13. The standard InChI is InChI=1S/C45H26S/c1-2-13-29-27(11-1)23-26-35-31-15-4-7-20-38(31)45(43(29)35)37-19-6-3-14-30(37)33-17-10-18-34(44(33)45)32-25-24-28-12-9-22-40-41(28)42(32)36-16-5-8-21-39(36)46-40/h1-26H. The van der Waals surface area contributed by atoms with E-state index in [1.807, 2.05) is 11.8 Å². The van der Waals surface area contributed by atoms with Gasteiger partial charge >= 0.3 is 0 Å². The van der Waals surface area contributed by atoms with Gasteiger partial charge in [-0.2, -0.15) is 0 Å². The van der Waals surface area contributed by atoms with Crippen LogP contribution in [0.2, 0.25) is 0 Å². The van der Waals surface area contributed by atoms with Gasteiger partial charge in [0.05, 0.1) is 5.41 Å². The maximum absolute atomic E-state index is 2.39. The van der Waals surface area contributed by atoms with Crippen LogP contribution in [-0.4, -0.2) is 0 Å². The third-order valence-corrected chi connectivity index (χ3v) is 11.8. The molecule has 1 heterocycles. The highest BCUT2D eigenvalue weighted by Crippen LogP contribution is 2.66. The van der Waals surface area contributed by atoms with Crippen molar-refractivity contribution in [3.63, 3.8) is 0 Å². The van der Waals surface area contributed by atoms with Crippen LogP contribution in [-0.2, 0) is 5.41 Å². The highest BCUT2D eigenvalue weighted by Gasteiger charge is 2.53. The molecule has 0 bridgehead atoms. The van der Waals surface area contributed by atoms with Crippen LogP contribution in [0.4, 0.5) is 0 Å². The van der Waals surface area contributed by atoms with Crippen molar-refractivity contribution in [1.82, 2.24) is 0 Å². The first-order chi connectivity index (χ1) is 22.8. The molecule has 0 saturated heterocycles. The summed E-state index contributed by atoms with van der Waals surface area (Å²) in [7, 11) is 0. The minimum absolute atomic E-state index is 0.445. The van der Waals surface area contributed by atoms with Crippen LogP contribution >= 0.6 is 11.8 Å². The summed E-state index contributed by atoms with van der Waals surface area (Å²) < 4.78 is 0. The lowest BCUT2D eigenvalue weighted by atomic mass is 9.67. The molecule has 3 aliphatic rings. The Morgan fingerprint density at radius 3 is 1.72 bits per heavy atom. The van der Waals surface area contributed by atoms with Crippen LogP contribution in [0.5, 0.6) is 0 Å². The lowest BCUT2D eigenvalue weighted by Gasteiger charge is -2.34. The summed E-state index contributed by atoms with van der Waals surface area (Å²) in [5, 5.41) is 5.28. The molecule has 0 fully saturated rings. The Morgan fingerprint density at radius 1 is 0.348 bits per heavy atom. The van der Waals surface area contributed by atoms with Gasteiger partial charge in [-0.05, 0) is 95.1 Å². The molecule has 0 amide bonds. The summed E-state index contributed by atoms with van der Waals surface area (Å²) in [5.74, 6) is 0. The number of rotatable bonds is 1. The molecule has 1 aliphatic heterocycles. The fourth-order valence-electron chi connectivity index (χ4n) is 9.02. The predicted octanol–water partition coefficient (Wildman–Crippen LogP) is 12.1. The van der Waals surface area contributed by atoms with E-state index in [1.54, 1.807) is 0 Å². The van der Waals surface area contributed by atoms with Gasteiger partial charge in [0.15, 0.2) is 0 Å². The molecule has 1 unspecified atom stereocenters. The van der Waals surface area contributed by atoms with Crippen LogP contribution in [0.25, 0.3) is 66.1 Å². The molecular formula is C45H26S. The van der Waals surface area contributed by atoms with E-state index in [0.29, 0.717) is 0 Å². The second-order valence-electron chi connectivity index (χ2n) is 12.7. The lowest BCUT2D eigenvalue weighted by Crippen LogP contribution is -2.27. The Bertz CT molecular complexity index is 2610. The summed E-state index contributed by atoms with van der Waals surface area (Å²) >= 11 is 1.90. The van der Waals surface area contributed by atoms with E-state index >= 15 is 0 Å². The van der Waals surface area contributed by atoms with Crippen molar-refractivity contribution in [3.8, 4) is 44.5 Å². The quantitative estimate of drug-likeness (QED) is 0.181. The first kappa shape index (κ1) is 24.9. The molecular weight excluding hydrogens is 573 g/mol. The van der Waals surface area contributed by atoms with E-state index in [0.717, 1.165) is 0 Å². The first-order valence-electron chi connectivity index (χ1n) is 16.0. The third-order valence-electron chi connectivity index (χ3n) is 10.7. The Labute approximate surface area is 272 Å². The van der Waals surface area contributed by atoms with Gasteiger partial charge in [-0.1, -0.05) is 157 Å². The molecule has 0 nitrogen and oxygen atoms in total. The maximum atomic E-state index is 2.39. The number of fused-ring (bicyclic) bond motifs is 14. The number of benzene rings is 8. The van der Waals surface area contributed by atoms with Crippen molar-refractivity contribution in [2.24, 2.45) is 0 Å². The topological polar surface area (TPSA) is 0 Å². The molecule has 8 aromatic carbocycles. The molecule has 46 heavy (non-hydrogen) atoms. The average Bonchev–Trinajstić information content (AvgIpc) is 3.59. The third kappa shape index (κ3) is 2.93. The van der Waals surface area contributed by atoms with Crippen molar-refractivity contribution in [2.75, 3.05) is 0 Å². The molecule has 1 heteroatoms. The minimum Gasteiger partial charge on any atom is -0.0888 e.